The van der Waals surface area contributed by atoms with Crippen molar-refractivity contribution >= 4 is 0 Å². The molecule has 2 atom stereocenters. The molecule has 1 aliphatic carbocycles. The third kappa shape index (κ3) is 2.46. The van der Waals surface area contributed by atoms with Crippen molar-refractivity contribution in [1.82, 2.24) is 15.1 Å². The largest absolute Gasteiger partial charge is 0.310 e. The van der Waals surface area contributed by atoms with Gasteiger partial charge in [-0.15, -0.1) is 0 Å². The zero-order chi connectivity index (χ0) is 13.3. The Kier molecular flexibility index (Phi) is 3.81. The number of hydrogen-bond acceptors (Lipinski definition) is 2. The molecule has 0 spiro atoms. The molecule has 2 rings (SSSR count). The van der Waals surface area contributed by atoms with E-state index in [1.807, 2.05) is 0 Å². The summed E-state index contributed by atoms with van der Waals surface area (Å²) in [7, 11) is 0. The molecular formula is C15H27N3. The van der Waals surface area contributed by atoms with Gasteiger partial charge in [-0.2, -0.15) is 5.10 Å². The van der Waals surface area contributed by atoms with E-state index in [4.69, 9.17) is 0 Å². The second-order valence-electron chi connectivity index (χ2n) is 6.40. The fraction of sp³-hybridized carbons (Fsp3) is 0.800. The average Bonchev–Trinajstić information content (AvgIpc) is 2.70. The van der Waals surface area contributed by atoms with Crippen LogP contribution in [0.2, 0.25) is 0 Å². The van der Waals surface area contributed by atoms with Crippen molar-refractivity contribution in [2.45, 2.75) is 66.0 Å². The van der Waals surface area contributed by atoms with Gasteiger partial charge in [-0.05, 0) is 38.1 Å². The molecule has 1 aromatic heterocycles. The van der Waals surface area contributed by atoms with E-state index in [2.05, 4.69) is 55.9 Å². The lowest BCUT2D eigenvalue weighted by Crippen LogP contribution is -2.34. The molecule has 1 aliphatic rings. The van der Waals surface area contributed by atoms with Gasteiger partial charge in [0.15, 0.2) is 0 Å². The second kappa shape index (κ2) is 5.04. The molecule has 3 nitrogen and oxygen atoms in total. The van der Waals surface area contributed by atoms with Gasteiger partial charge in [-0.3, -0.25) is 4.68 Å². The van der Waals surface area contributed by atoms with Gasteiger partial charge in [-0.1, -0.05) is 27.7 Å². The van der Waals surface area contributed by atoms with E-state index in [0.717, 1.165) is 19.4 Å². The van der Waals surface area contributed by atoms with E-state index in [0.29, 0.717) is 17.5 Å². The first-order valence-corrected chi connectivity index (χ1v) is 7.28. The summed E-state index contributed by atoms with van der Waals surface area (Å²) in [6, 6.07) is 0.983. The summed E-state index contributed by atoms with van der Waals surface area (Å²) in [5, 5.41) is 8.26. The van der Waals surface area contributed by atoms with Gasteiger partial charge in [0.25, 0.3) is 0 Å². The lowest BCUT2D eigenvalue weighted by atomic mass is 9.74. The van der Waals surface area contributed by atoms with Crippen molar-refractivity contribution in [3.05, 3.63) is 17.5 Å². The minimum Gasteiger partial charge on any atom is -0.310 e. The van der Waals surface area contributed by atoms with E-state index in [1.54, 1.807) is 0 Å². The zero-order valence-corrected chi connectivity index (χ0v) is 12.5. The Morgan fingerprint density at radius 3 is 2.83 bits per heavy atom. The minimum absolute atomic E-state index is 0.366. The van der Waals surface area contributed by atoms with Crippen LogP contribution in [0.4, 0.5) is 0 Å². The molecule has 0 saturated carbocycles. The van der Waals surface area contributed by atoms with E-state index in [-0.39, 0.29) is 0 Å². The maximum absolute atomic E-state index is 4.64. The molecule has 0 saturated heterocycles. The molecule has 3 heteroatoms. The van der Waals surface area contributed by atoms with E-state index >= 15 is 0 Å². The van der Waals surface area contributed by atoms with Gasteiger partial charge in [0.05, 0.1) is 6.20 Å². The number of aromatic nitrogens is 2. The molecule has 0 aromatic carbocycles. The van der Waals surface area contributed by atoms with Crippen LogP contribution in [0.1, 0.15) is 70.8 Å². The summed E-state index contributed by atoms with van der Waals surface area (Å²) in [4.78, 5) is 0. The number of rotatable bonds is 4. The van der Waals surface area contributed by atoms with Crippen molar-refractivity contribution in [3.63, 3.8) is 0 Å². The molecule has 0 amide bonds. The van der Waals surface area contributed by atoms with Crippen LogP contribution in [-0.4, -0.2) is 16.3 Å². The number of fused-ring (bicyclic) bond motifs is 1. The maximum Gasteiger partial charge on any atom is 0.0540 e. The fourth-order valence-electron chi connectivity index (χ4n) is 3.04. The summed E-state index contributed by atoms with van der Waals surface area (Å²) in [6.07, 6.45) is 5.58. The highest BCUT2D eigenvalue weighted by Gasteiger charge is 2.34. The van der Waals surface area contributed by atoms with Crippen LogP contribution in [0, 0.1) is 5.41 Å². The van der Waals surface area contributed by atoms with Gasteiger partial charge < -0.3 is 5.32 Å². The molecular weight excluding hydrogens is 222 g/mol. The summed E-state index contributed by atoms with van der Waals surface area (Å²) in [5.41, 5.74) is 3.24. The smallest absolute Gasteiger partial charge is 0.0540 e. The Morgan fingerprint density at radius 2 is 2.22 bits per heavy atom. The van der Waals surface area contributed by atoms with Gasteiger partial charge in [0, 0.05) is 23.3 Å². The average molecular weight is 249 g/mol. The van der Waals surface area contributed by atoms with E-state index < -0.39 is 0 Å². The lowest BCUT2D eigenvalue weighted by molar-refractivity contribution is 0.249. The summed E-state index contributed by atoms with van der Waals surface area (Å²) in [5.74, 6) is 0. The Morgan fingerprint density at radius 1 is 1.50 bits per heavy atom. The second-order valence-corrected chi connectivity index (χ2v) is 6.40. The third-order valence-corrected chi connectivity index (χ3v) is 4.17. The molecule has 1 aromatic rings. The first-order chi connectivity index (χ1) is 8.48. The van der Waals surface area contributed by atoms with Crippen LogP contribution in [0.3, 0.4) is 0 Å². The van der Waals surface area contributed by atoms with Crippen molar-refractivity contribution in [2.75, 3.05) is 6.54 Å². The molecule has 0 radical (unpaired) electrons. The van der Waals surface area contributed by atoms with Gasteiger partial charge in [-0.25, -0.2) is 0 Å². The summed E-state index contributed by atoms with van der Waals surface area (Å²) >= 11 is 0. The van der Waals surface area contributed by atoms with Gasteiger partial charge in [0.1, 0.15) is 0 Å². The maximum atomic E-state index is 4.64. The lowest BCUT2D eigenvalue weighted by Gasteiger charge is -2.36. The van der Waals surface area contributed by atoms with Crippen molar-refractivity contribution in [1.29, 1.82) is 0 Å². The molecule has 1 heterocycles. The molecule has 0 bridgehead atoms. The number of nitrogens with zero attached hydrogens (tertiary/aromatic N) is 2. The minimum atomic E-state index is 0.366. The highest BCUT2D eigenvalue weighted by atomic mass is 15.3. The highest BCUT2D eigenvalue weighted by molar-refractivity contribution is 5.27. The van der Waals surface area contributed by atoms with Gasteiger partial charge in [0.2, 0.25) is 0 Å². The van der Waals surface area contributed by atoms with Crippen LogP contribution >= 0.6 is 0 Å². The zero-order valence-electron chi connectivity index (χ0n) is 12.5. The van der Waals surface area contributed by atoms with E-state index in [1.165, 1.54) is 17.7 Å². The number of nitrogens with one attached hydrogen (secondary N) is 1. The molecule has 2 unspecified atom stereocenters. The van der Waals surface area contributed by atoms with Crippen LogP contribution in [-0.2, 0) is 6.42 Å². The fourth-order valence-corrected chi connectivity index (χ4v) is 3.04. The molecule has 0 fully saturated rings. The SMILES string of the molecule is CCNC1CC(C)(C)Cc2c1cnn2C(C)CC. The first kappa shape index (κ1) is 13.6. The third-order valence-electron chi connectivity index (χ3n) is 4.17. The van der Waals surface area contributed by atoms with Crippen LogP contribution in [0.15, 0.2) is 6.20 Å². The topological polar surface area (TPSA) is 29.9 Å². The molecule has 102 valence electrons. The Balaban J connectivity index is 2.38. The molecule has 18 heavy (non-hydrogen) atoms. The molecule has 1 N–H and O–H groups in total. The predicted octanol–water partition coefficient (Wildman–Crippen LogP) is 3.48. The van der Waals surface area contributed by atoms with Crippen molar-refractivity contribution in [2.24, 2.45) is 5.41 Å². The summed E-state index contributed by atoms with van der Waals surface area (Å²) < 4.78 is 2.25. The van der Waals surface area contributed by atoms with Crippen molar-refractivity contribution < 1.29 is 0 Å². The Bertz CT molecular complexity index is 406. The predicted molar refractivity (Wildman–Crippen MR) is 75.7 cm³/mol. The monoisotopic (exact) mass is 249 g/mol. The Labute approximate surface area is 111 Å². The van der Waals surface area contributed by atoms with E-state index in [9.17, 15) is 0 Å². The van der Waals surface area contributed by atoms with Crippen molar-refractivity contribution in [3.8, 4) is 0 Å². The normalized spacial score (nSPS) is 23.7. The standard InChI is InChI=1S/C15H27N3/c1-6-11(3)18-14-9-15(4,5)8-13(16-7-2)12(14)10-17-18/h10-11,13,16H,6-9H2,1-5H3. The van der Waals surface area contributed by atoms with Crippen LogP contribution in [0.5, 0.6) is 0 Å². The summed E-state index contributed by atoms with van der Waals surface area (Å²) in [6.45, 7) is 12.4. The highest BCUT2D eigenvalue weighted by Crippen LogP contribution is 2.41. The molecule has 0 aliphatic heterocycles. The first-order valence-electron chi connectivity index (χ1n) is 7.28. The van der Waals surface area contributed by atoms with Crippen LogP contribution < -0.4 is 5.32 Å². The Hall–Kier alpha value is -0.830. The van der Waals surface area contributed by atoms with Crippen LogP contribution in [0.25, 0.3) is 0 Å². The van der Waals surface area contributed by atoms with Gasteiger partial charge >= 0.3 is 0 Å². The quantitative estimate of drug-likeness (QED) is 0.885. The number of hydrogen-bond donors (Lipinski definition) is 1.